The monoisotopic (exact) mass is 232 g/mol. The number of nitrogens with two attached hydrogens (primary N) is 1. The highest BCUT2D eigenvalue weighted by molar-refractivity contribution is 5.71. The number of hydrogen-bond acceptors (Lipinski definition) is 2. The van der Waals surface area contributed by atoms with Crippen LogP contribution in [0.15, 0.2) is 18.2 Å². The summed E-state index contributed by atoms with van der Waals surface area (Å²) in [5.41, 5.74) is 9.61. The summed E-state index contributed by atoms with van der Waals surface area (Å²) in [6.07, 6.45) is 6.78. The Hall–Kier alpha value is -1.18. The van der Waals surface area contributed by atoms with Crippen LogP contribution in [0.5, 0.6) is 0 Å². The molecule has 0 spiro atoms. The third kappa shape index (κ3) is 2.56. The maximum absolute atomic E-state index is 6.22. The van der Waals surface area contributed by atoms with Crippen LogP contribution in [0.25, 0.3) is 0 Å². The first-order chi connectivity index (χ1) is 8.24. The first-order valence-electron chi connectivity index (χ1n) is 6.85. The van der Waals surface area contributed by atoms with Gasteiger partial charge in [-0.25, -0.2) is 0 Å². The molecule has 1 fully saturated rings. The molecule has 2 nitrogen and oxygen atoms in total. The van der Waals surface area contributed by atoms with Crippen LogP contribution in [-0.4, -0.2) is 12.6 Å². The highest BCUT2D eigenvalue weighted by atomic mass is 15.2. The summed E-state index contributed by atoms with van der Waals surface area (Å²) in [5.74, 6) is 0. The fourth-order valence-corrected chi connectivity index (χ4v) is 2.93. The molecular formula is C15H24N2. The van der Waals surface area contributed by atoms with Crippen molar-refractivity contribution in [3.8, 4) is 0 Å². The minimum atomic E-state index is 0.692. The smallest absolute Gasteiger partial charge is 0.0605 e. The molecule has 1 aromatic rings. The van der Waals surface area contributed by atoms with Crippen molar-refractivity contribution in [3.05, 3.63) is 23.8 Å². The van der Waals surface area contributed by atoms with E-state index >= 15 is 0 Å². The molecule has 1 aliphatic carbocycles. The average Bonchev–Trinajstić information content (AvgIpc) is 2.37. The molecule has 0 heterocycles. The van der Waals surface area contributed by atoms with Crippen LogP contribution in [0.3, 0.4) is 0 Å². The Morgan fingerprint density at radius 2 is 1.94 bits per heavy atom. The zero-order valence-corrected chi connectivity index (χ0v) is 11.1. The third-order valence-corrected chi connectivity index (χ3v) is 3.97. The van der Waals surface area contributed by atoms with Gasteiger partial charge in [-0.15, -0.1) is 0 Å². The van der Waals surface area contributed by atoms with E-state index < -0.39 is 0 Å². The summed E-state index contributed by atoms with van der Waals surface area (Å²) in [4.78, 5) is 2.50. The highest BCUT2D eigenvalue weighted by Crippen LogP contribution is 2.32. The van der Waals surface area contributed by atoms with E-state index in [9.17, 15) is 0 Å². The second kappa shape index (κ2) is 5.44. The lowest BCUT2D eigenvalue weighted by Crippen LogP contribution is -2.37. The number of anilines is 2. The molecule has 2 rings (SSSR count). The number of para-hydroxylation sites is 1. The van der Waals surface area contributed by atoms with Crippen molar-refractivity contribution in [3.63, 3.8) is 0 Å². The van der Waals surface area contributed by atoms with Crippen LogP contribution in [-0.2, 0) is 0 Å². The number of nitrogens with zero attached hydrogens (tertiary/aromatic N) is 1. The quantitative estimate of drug-likeness (QED) is 0.804. The largest absolute Gasteiger partial charge is 0.397 e. The molecule has 0 aliphatic heterocycles. The number of nitrogen functional groups attached to an aromatic ring is 1. The minimum absolute atomic E-state index is 0.692. The van der Waals surface area contributed by atoms with E-state index in [0.29, 0.717) is 6.04 Å². The van der Waals surface area contributed by atoms with Crippen molar-refractivity contribution < 1.29 is 0 Å². The molecule has 0 amide bonds. The molecule has 1 aliphatic rings. The maximum Gasteiger partial charge on any atom is 0.0605 e. The summed E-state index contributed by atoms with van der Waals surface area (Å²) >= 11 is 0. The van der Waals surface area contributed by atoms with Gasteiger partial charge >= 0.3 is 0 Å². The van der Waals surface area contributed by atoms with Gasteiger partial charge in [-0.3, -0.25) is 0 Å². The van der Waals surface area contributed by atoms with E-state index in [4.69, 9.17) is 5.73 Å². The minimum Gasteiger partial charge on any atom is -0.397 e. The molecule has 17 heavy (non-hydrogen) atoms. The van der Waals surface area contributed by atoms with Gasteiger partial charge in [0.05, 0.1) is 11.4 Å². The second-order valence-electron chi connectivity index (χ2n) is 5.09. The van der Waals surface area contributed by atoms with Crippen LogP contribution in [0.4, 0.5) is 11.4 Å². The van der Waals surface area contributed by atoms with E-state index in [1.54, 1.807) is 0 Å². The van der Waals surface area contributed by atoms with Crippen LogP contribution >= 0.6 is 0 Å². The van der Waals surface area contributed by atoms with Crippen molar-refractivity contribution in [1.82, 2.24) is 0 Å². The van der Waals surface area contributed by atoms with Crippen LogP contribution < -0.4 is 10.6 Å². The van der Waals surface area contributed by atoms with E-state index in [0.717, 1.165) is 12.2 Å². The Labute approximate surface area is 105 Å². The van der Waals surface area contributed by atoms with E-state index in [1.165, 1.54) is 43.4 Å². The van der Waals surface area contributed by atoms with E-state index in [-0.39, 0.29) is 0 Å². The summed E-state index contributed by atoms with van der Waals surface area (Å²) in [6, 6.07) is 7.07. The van der Waals surface area contributed by atoms with Crippen molar-refractivity contribution >= 4 is 11.4 Å². The molecule has 2 heteroatoms. The molecule has 2 N–H and O–H groups in total. The van der Waals surface area contributed by atoms with Crippen molar-refractivity contribution in [2.75, 3.05) is 17.2 Å². The first kappa shape index (κ1) is 12.3. The van der Waals surface area contributed by atoms with Gasteiger partial charge in [0, 0.05) is 12.6 Å². The number of aryl methyl sites for hydroxylation is 1. The molecule has 0 radical (unpaired) electrons. The van der Waals surface area contributed by atoms with Crippen molar-refractivity contribution in [2.24, 2.45) is 0 Å². The molecule has 0 unspecified atom stereocenters. The Morgan fingerprint density at radius 3 is 2.59 bits per heavy atom. The normalized spacial score (nSPS) is 17.1. The van der Waals surface area contributed by atoms with Crippen LogP contribution in [0.2, 0.25) is 0 Å². The predicted molar refractivity (Wildman–Crippen MR) is 75.5 cm³/mol. The second-order valence-corrected chi connectivity index (χ2v) is 5.09. The maximum atomic E-state index is 6.22. The Morgan fingerprint density at radius 1 is 1.24 bits per heavy atom. The van der Waals surface area contributed by atoms with Gasteiger partial charge in [0.2, 0.25) is 0 Å². The predicted octanol–water partition coefficient (Wildman–Crippen LogP) is 3.74. The Balaban J connectivity index is 2.24. The SMILES string of the molecule is CCN(c1cccc(C)c1N)C1CCCCC1. The summed E-state index contributed by atoms with van der Waals surface area (Å²) in [7, 11) is 0. The lowest BCUT2D eigenvalue weighted by Gasteiger charge is -2.36. The van der Waals surface area contributed by atoms with Crippen molar-refractivity contribution in [2.45, 2.75) is 52.0 Å². The fourth-order valence-electron chi connectivity index (χ4n) is 2.93. The first-order valence-corrected chi connectivity index (χ1v) is 6.85. The van der Waals surface area contributed by atoms with Crippen LogP contribution in [0.1, 0.15) is 44.6 Å². The molecule has 94 valence electrons. The zero-order chi connectivity index (χ0) is 12.3. The molecule has 0 saturated heterocycles. The summed E-state index contributed by atoms with van der Waals surface area (Å²) in [5, 5.41) is 0. The molecule has 0 atom stereocenters. The third-order valence-electron chi connectivity index (χ3n) is 3.97. The Kier molecular flexibility index (Phi) is 3.93. The molecule has 0 bridgehead atoms. The van der Waals surface area contributed by atoms with E-state index in [2.05, 4.69) is 36.9 Å². The van der Waals surface area contributed by atoms with Gasteiger partial charge < -0.3 is 10.6 Å². The molecule has 1 aromatic carbocycles. The van der Waals surface area contributed by atoms with Crippen molar-refractivity contribution in [1.29, 1.82) is 0 Å². The summed E-state index contributed by atoms with van der Waals surface area (Å²) < 4.78 is 0. The number of benzene rings is 1. The van der Waals surface area contributed by atoms with Crippen LogP contribution in [0, 0.1) is 6.92 Å². The number of hydrogen-bond donors (Lipinski definition) is 1. The number of rotatable bonds is 3. The molecule has 1 saturated carbocycles. The van der Waals surface area contributed by atoms with Gasteiger partial charge in [-0.1, -0.05) is 31.4 Å². The van der Waals surface area contributed by atoms with Gasteiger partial charge in [0.25, 0.3) is 0 Å². The van der Waals surface area contributed by atoms with E-state index in [1.807, 2.05) is 0 Å². The zero-order valence-electron chi connectivity index (χ0n) is 11.1. The fraction of sp³-hybridized carbons (Fsp3) is 0.600. The Bertz CT molecular complexity index is 367. The van der Waals surface area contributed by atoms with Gasteiger partial charge in [-0.2, -0.15) is 0 Å². The summed E-state index contributed by atoms with van der Waals surface area (Å²) in [6.45, 7) is 5.38. The average molecular weight is 232 g/mol. The molecular weight excluding hydrogens is 208 g/mol. The lowest BCUT2D eigenvalue weighted by molar-refractivity contribution is 0.418. The lowest BCUT2D eigenvalue weighted by atomic mass is 9.93. The highest BCUT2D eigenvalue weighted by Gasteiger charge is 2.21. The molecule has 0 aromatic heterocycles. The van der Waals surface area contributed by atoms with Gasteiger partial charge in [0.1, 0.15) is 0 Å². The van der Waals surface area contributed by atoms with Gasteiger partial charge in [0.15, 0.2) is 0 Å². The van der Waals surface area contributed by atoms with Gasteiger partial charge in [-0.05, 0) is 38.3 Å². The standard InChI is InChI=1S/C15H24N2/c1-3-17(13-9-5-4-6-10-13)14-11-7-8-12(2)15(14)16/h7-8,11,13H,3-6,9-10,16H2,1-2H3. The topological polar surface area (TPSA) is 29.3 Å².